The molecule has 650 valence electrons. The molecule has 2 heterocycles. The molecule has 3 aliphatic rings. The molecule has 137 heavy (non-hydrogen) atoms. The number of benzene rings is 22. The van der Waals surface area contributed by atoms with Crippen molar-refractivity contribution in [2.45, 2.75) is 38.8 Å². The van der Waals surface area contributed by atoms with Gasteiger partial charge in [-0.25, -0.2) is 0 Å². The molecule has 1 aliphatic carbocycles. The first-order valence-electron chi connectivity index (χ1n) is 46.8. The van der Waals surface area contributed by atoms with Gasteiger partial charge in [0.05, 0.1) is 34.1 Å². The van der Waals surface area contributed by atoms with E-state index in [4.69, 9.17) is 0 Å². The van der Waals surface area contributed by atoms with Gasteiger partial charge in [-0.3, -0.25) is 0 Å². The van der Waals surface area contributed by atoms with E-state index in [0.29, 0.717) is 0 Å². The molecule has 6 nitrogen and oxygen atoms in total. The maximum absolute atomic E-state index is 2.41. The molecule has 0 radical (unpaired) electrons. The fourth-order valence-electron chi connectivity index (χ4n) is 20.2. The summed E-state index contributed by atoms with van der Waals surface area (Å²) in [6.45, 7) is 4.71. The molecule has 0 aromatic heterocycles. The first-order valence-corrected chi connectivity index (χ1v) is 48.4. The van der Waals surface area contributed by atoms with Crippen molar-refractivity contribution >= 4 is 158 Å². The lowest BCUT2D eigenvalue weighted by molar-refractivity contribution is 0.660. The second-order valence-electron chi connectivity index (χ2n) is 35.6. The Hall–Kier alpha value is -16.9. The second-order valence-corrected chi connectivity index (χ2v) is 37.7. The second kappa shape index (κ2) is 35.9. The van der Waals surface area contributed by atoms with Crippen molar-refractivity contribution in [3.8, 4) is 55.6 Å². The third-order valence-corrected chi connectivity index (χ3v) is 29.3. The van der Waals surface area contributed by atoms with Crippen LogP contribution in [0.25, 0.3) is 88.0 Å². The van der Waals surface area contributed by atoms with E-state index in [9.17, 15) is 0 Å². The van der Waals surface area contributed by atoms with Crippen LogP contribution in [0.2, 0.25) is 0 Å². The minimum absolute atomic E-state index is 0.132. The van der Waals surface area contributed by atoms with Gasteiger partial charge < -0.3 is 29.4 Å². The van der Waals surface area contributed by atoms with Gasteiger partial charge in [-0.2, -0.15) is 0 Å². The Labute approximate surface area is 808 Å². The summed E-state index contributed by atoms with van der Waals surface area (Å²) < 4.78 is 0. The van der Waals surface area contributed by atoms with Gasteiger partial charge in [-0.1, -0.05) is 353 Å². The SMILES string of the molecule is CC1(C)c2ccccc2-c2ccc(N(c3ccc(-c4ccc(N(c5ccccc5)c5cccc6ccccc56)cc4)cc3)c3ccc(-c4ccc(N(c5ccccc5)c5cccc6ccccc56)cc4)cc3)cc21.c1ccc2c(c1)Sc1ccccc1N2c1ccc(-c2ccc(N(c3ccc(-c4ccc(N5c6ccccc6Sc6ccccc65)cc4)cc3)c3ccc4ccccc4c3)cc2)cc1. The molecule has 0 atom stereocenters. The zero-order valence-electron chi connectivity index (χ0n) is 75.7. The molecule has 22 aromatic carbocycles. The fourth-order valence-corrected chi connectivity index (χ4v) is 22.4. The average molecular weight is 1790 g/mol. The summed E-state index contributed by atoms with van der Waals surface area (Å²) in [4.78, 5) is 19.3. The van der Waals surface area contributed by atoms with Crippen LogP contribution >= 0.6 is 23.5 Å². The lowest BCUT2D eigenvalue weighted by Crippen LogP contribution is -2.16. The van der Waals surface area contributed by atoms with E-state index < -0.39 is 0 Å². The number of fused-ring (bicyclic) bond motifs is 10. The van der Waals surface area contributed by atoms with E-state index >= 15 is 0 Å². The van der Waals surface area contributed by atoms with Crippen LogP contribution < -0.4 is 29.4 Å². The van der Waals surface area contributed by atoms with E-state index in [1.165, 1.54) is 119 Å². The van der Waals surface area contributed by atoms with Crippen LogP contribution in [0.5, 0.6) is 0 Å². The third-order valence-electron chi connectivity index (χ3n) is 27.1. The van der Waals surface area contributed by atoms with Crippen LogP contribution in [-0.2, 0) is 5.41 Å². The summed E-state index contributed by atoms with van der Waals surface area (Å²) in [6, 6.07) is 190. The number of para-hydroxylation sites is 6. The molecular weight excluding hydrogens is 1700 g/mol. The number of hydrogen-bond acceptors (Lipinski definition) is 8. The topological polar surface area (TPSA) is 19.4 Å². The van der Waals surface area contributed by atoms with Crippen LogP contribution in [-0.4, -0.2) is 0 Å². The number of rotatable bonds is 18. The predicted octanol–water partition coefficient (Wildman–Crippen LogP) is 37.6. The summed E-state index contributed by atoms with van der Waals surface area (Å²) in [6.07, 6.45) is 0. The highest BCUT2D eigenvalue weighted by molar-refractivity contribution is 8.00. The van der Waals surface area contributed by atoms with E-state index in [0.717, 1.165) is 102 Å². The lowest BCUT2D eigenvalue weighted by atomic mass is 9.82. The molecule has 0 bridgehead atoms. The Morgan fingerprint density at radius 1 is 0.182 bits per heavy atom. The molecule has 0 spiro atoms. The third kappa shape index (κ3) is 15.8. The molecule has 8 heteroatoms. The Morgan fingerprint density at radius 2 is 0.453 bits per heavy atom. The Balaban J connectivity index is 0.000000151. The maximum Gasteiger partial charge on any atom is 0.0601 e. The van der Waals surface area contributed by atoms with Crippen LogP contribution in [0.4, 0.5) is 102 Å². The molecular formula is C129H92N6S2. The van der Waals surface area contributed by atoms with Gasteiger partial charge in [0, 0.05) is 104 Å². The number of nitrogens with zero attached hydrogens (tertiary/aromatic N) is 6. The predicted molar refractivity (Wildman–Crippen MR) is 581 cm³/mol. The molecule has 0 saturated carbocycles. The van der Waals surface area contributed by atoms with Gasteiger partial charge >= 0.3 is 0 Å². The van der Waals surface area contributed by atoms with Gasteiger partial charge in [-0.05, 0) is 295 Å². The normalized spacial score (nSPS) is 12.4. The molecule has 0 fully saturated rings. The van der Waals surface area contributed by atoms with E-state index in [1.54, 1.807) is 0 Å². The number of anilines is 18. The van der Waals surface area contributed by atoms with Gasteiger partial charge in [0.2, 0.25) is 0 Å². The zero-order valence-corrected chi connectivity index (χ0v) is 77.3. The standard InChI is InChI=1S/C71H53N3.C58H39N3S2/c1-71(2)67-28-14-13-27-65(67)66-48-47-62(49-68(66)71)72(58-39-31-50(32-40-58)52-35-43-60(44-36-52)73(56-21-5-3-6-22-56)69-29-15-19-54-17-9-11-25-63(54)69)59-41-33-51(34-42-59)53-37-45-61(46-38-53)74(57-23-7-4-8-24-57)70-30-16-20-55-18-10-12-26-64(55)70;1-2-12-45-39-50(38-29-40(45)11-1)59(46-30-21-41(22-31-46)43-25-34-48(35-26-43)60-51-13-3-7-17-55(51)62-56-18-8-4-14-52(56)60)47-32-23-42(24-33-47)44-27-36-49(37-28-44)61-53-15-5-9-19-57(53)63-58-20-10-6-16-54(58)61/h3-49H,1-2H3;1-39H. The van der Waals surface area contributed by atoms with Crippen LogP contribution in [0.3, 0.4) is 0 Å². The number of hydrogen-bond donors (Lipinski definition) is 0. The molecule has 0 N–H and O–H groups in total. The molecule has 0 saturated heterocycles. The van der Waals surface area contributed by atoms with E-state index in [2.05, 4.69) is 565 Å². The summed E-state index contributed by atoms with van der Waals surface area (Å²) >= 11 is 3.67. The van der Waals surface area contributed by atoms with Gasteiger partial charge in [0.1, 0.15) is 0 Å². The van der Waals surface area contributed by atoms with Crippen molar-refractivity contribution < 1.29 is 0 Å². The van der Waals surface area contributed by atoms with Crippen molar-refractivity contribution in [1.82, 2.24) is 0 Å². The van der Waals surface area contributed by atoms with Gasteiger partial charge in [-0.15, -0.1) is 0 Å². The molecule has 0 amide bonds. The fraction of sp³-hybridized carbons (Fsp3) is 0.0233. The lowest BCUT2D eigenvalue weighted by Gasteiger charge is -2.32. The van der Waals surface area contributed by atoms with E-state index in [1.807, 2.05) is 23.5 Å². The van der Waals surface area contributed by atoms with Crippen molar-refractivity contribution in [2.24, 2.45) is 0 Å². The van der Waals surface area contributed by atoms with Crippen LogP contribution in [0.15, 0.2) is 541 Å². The highest BCUT2D eigenvalue weighted by Gasteiger charge is 2.37. The zero-order chi connectivity index (χ0) is 91.3. The minimum atomic E-state index is -0.132. The molecule has 25 rings (SSSR count). The van der Waals surface area contributed by atoms with Crippen molar-refractivity contribution in [1.29, 1.82) is 0 Å². The van der Waals surface area contributed by atoms with Gasteiger partial charge in [0.15, 0.2) is 0 Å². The monoisotopic (exact) mass is 1790 g/mol. The van der Waals surface area contributed by atoms with Crippen molar-refractivity contribution in [3.63, 3.8) is 0 Å². The maximum atomic E-state index is 2.41. The highest BCUT2D eigenvalue weighted by atomic mass is 32.2. The van der Waals surface area contributed by atoms with Crippen molar-refractivity contribution in [2.75, 3.05) is 29.4 Å². The molecule has 22 aromatic rings. The summed E-state index contributed by atoms with van der Waals surface area (Å²) in [5.74, 6) is 0. The summed E-state index contributed by atoms with van der Waals surface area (Å²) in [5, 5.41) is 7.30. The van der Waals surface area contributed by atoms with Crippen LogP contribution in [0.1, 0.15) is 25.0 Å². The largest absolute Gasteiger partial charge is 0.310 e. The first kappa shape index (κ1) is 83.2. The Morgan fingerprint density at radius 3 is 0.839 bits per heavy atom. The van der Waals surface area contributed by atoms with Gasteiger partial charge in [0.25, 0.3) is 0 Å². The molecule has 0 unspecified atom stereocenters. The van der Waals surface area contributed by atoms with Crippen LogP contribution in [0, 0.1) is 0 Å². The van der Waals surface area contributed by atoms with Crippen molar-refractivity contribution in [3.05, 3.63) is 533 Å². The summed E-state index contributed by atoms with van der Waals surface area (Å²) in [5.41, 5.74) is 35.1. The average Bonchev–Trinajstić information content (AvgIpc) is 1.58. The first-order chi connectivity index (χ1) is 67.7. The molecule has 2 aliphatic heterocycles. The minimum Gasteiger partial charge on any atom is -0.310 e. The Kier molecular flexibility index (Phi) is 21.8. The smallest absolute Gasteiger partial charge is 0.0601 e. The Bertz CT molecular complexity index is 7720. The highest BCUT2D eigenvalue weighted by Crippen LogP contribution is 2.56. The van der Waals surface area contributed by atoms with E-state index in [-0.39, 0.29) is 5.41 Å². The summed E-state index contributed by atoms with van der Waals surface area (Å²) in [7, 11) is 0. The quantitative estimate of drug-likeness (QED) is 0.0836.